The van der Waals surface area contributed by atoms with Gasteiger partial charge in [-0.3, -0.25) is 9.79 Å². The van der Waals surface area contributed by atoms with Gasteiger partial charge in [-0.25, -0.2) is 0 Å². The predicted molar refractivity (Wildman–Crippen MR) is 107 cm³/mol. The summed E-state index contributed by atoms with van der Waals surface area (Å²) in [5.74, 6) is 1.81. The van der Waals surface area contributed by atoms with E-state index in [1.165, 1.54) is 0 Å². The SMILES string of the molecule is CCC(=O)N1CCC(NC(=NC)NCc2cccc(OC)c2)C1.I. The van der Waals surface area contributed by atoms with Gasteiger partial charge in [0, 0.05) is 39.1 Å². The second-order valence-electron chi connectivity index (χ2n) is 5.60. The Bertz CT molecular complexity index is 565. The minimum Gasteiger partial charge on any atom is -0.497 e. The topological polar surface area (TPSA) is 66.0 Å². The summed E-state index contributed by atoms with van der Waals surface area (Å²) in [4.78, 5) is 17.9. The molecule has 1 saturated heterocycles. The molecule has 134 valence electrons. The Labute approximate surface area is 161 Å². The molecule has 0 aromatic heterocycles. The van der Waals surface area contributed by atoms with Crippen LogP contribution in [-0.2, 0) is 11.3 Å². The Morgan fingerprint density at radius 1 is 1.46 bits per heavy atom. The molecule has 6 nitrogen and oxygen atoms in total. The van der Waals surface area contributed by atoms with Gasteiger partial charge in [0.05, 0.1) is 7.11 Å². The van der Waals surface area contributed by atoms with Gasteiger partial charge in [0.2, 0.25) is 5.91 Å². The van der Waals surface area contributed by atoms with E-state index in [9.17, 15) is 4.79 Å². The number of hydrogen-bond donors (Lipinski definition) is 2. The molecule has 0 aliphatic carbocycles. The van der Waals surface area contributed by atoms with Crippen LogP contribution in [0.4, 0.5) is 0 Å². The third-order valence-electron chi connectivity index (χ3n) is 4.00. The van der Waals surface area contributed by atoms with E-state index in [4.69, 9.17) is 4.74 Å². The molecule has 1 aliphatic rings. The number of carbonyl (C=O) groups excluding carboxylic acids is 1. The molecule has 1 amide bonds. The first-order valence-corrected chi connectivity index (χ1v) is 8.04. The quantitative estimate of drug-likeness (QED) is 0.413. The number of likely N-dealkylation sites (tertiary alicyclic amines) is 1. The summed E-state index contributed by atoms with van der Waals surface area (Å²) < 4.78 is 5.23. The van der Waals surface area contributed by atoms with Gasteiger partial charge < -0.3 is 20.3 Å². The number of carbonyl (C=O) groups is 1. The lowest BCUT2D eigenvalue weighted by Gasteiger charge is -2.18. The molecule has 1 atom stereocenters. The van der Waals surface area contributed by atoms with Crippen molar-refractivity contribution >= 4 is 35.8 Å². The zero-order chi connectivity index (χ0) is 16.7. The van der Waals surface area contributed by atoms with E-state index in [0.717, 1.165) is 36.8 Å². The van der Waals surface area contributed by atoms with Crippen LogP contribution >= 0.6 is 24.0 Å². The molecule has 0 saturated carbocycles. The lowest BCUT2D eigenvalue weighted by atomic mass is 10.2. The predicted octanol–water partition coefficient (Wildman–Crippen LogP) is 1.99. The van der Waals surface area contributed by atoms with E-state index < -0.39 is 0 Å². The van der Waals surface area contributed by atoms with Gasteiger partial charge in [-0.15, -0.1) is 24.0 Å². The number of guanidine groups is 1. The van der Waals surface area contributed by atoms with E-state index in [-0.39, 0.29) is 35.9 Å². The zero-order valence-corrected chi connectivity index (χ0v) is 16.9. The third kappa shape index (κ3) is 5.85. The van der Waals surface area contributed by atoms with Crippen molar-refractivity contribution in [2.24, 2.45) is 4.99 Å². The Morgan fingerprint density at radius 3 is 2.92 bits per heavy atom. The summed E-state index contributed by atoms with van der Waals surface area (Å²) in [6.45, 7) is 4.13. The Morgan fingerprint density at radius 2 is 2.25 bits per heavy atom. The number of hydrogen-bond acceptors (Lipinski definition) is 3. The van der Waals surface area contributed by atoms with Crippen molar-refractivity contribution in [2.75, 3.05) is 27.2 Å². The molecular formula is C17H27IN4O2. The zero-order valence-electron chi connectivity index (χ0n) is 14.5. The highest BCUT2D eigenvalue weighted by Gasteiger charge is 2.25. The first-order chi connectivity index (χ1) is 11.2. The summed E-state index contributed by atoms with van der Waals surface area (Å²) in [5, 5.41) is 6.69. The maximum atomic E-state index is 11.7. The Kier molecular flexibility index (Phi) is 8.88. The molecule has 0 radical (unpaired) electrons. The summed E-state index contributed by atoms with van der Waals surface area (Å²) >= 11 is 0. The maximum Gasteiger partial charge on any atom is 0.222 e. The number of amides is 1. The van der Waals surface area contributed by atoms with Crippen molar-refractivity contribution in [3.63, 3.8) is 0 Å². The number of halogens is 1. The highest BCUT2D eigenvalue weighted by molar-refractivity contribution is 14.0. The van der Waals surface area contributed by atoms with Gasteiger partial charge in [0.1, 0.15) is 5.75 Å². The van der Waals surface area contributed by atoms with Crippen molar-refractivity contribution in [1.82, 2.24) is 15.5 Å². The van der Waals surface area contributed by atoms with Crippen molar-refractivity contribution in [2.45, 2.75) is 32.4 Å². The molecule has 1 heterocycles. The van der Waals surface area contributed by atoms with Gasteiger partial charge in [-0.05, 0) is 24.1 Å². The van der Waals surface area contributed by atoms with Gasteiger partial charge in [-0.2, -0.15) is 0 Å². The van der Waals surface area contributed by atoms with Gasteiger partial charge in [0.25, 0.3) is 0 Å². The molecule has 1 unspecified atom stereocenters. The molecule has 0 spiro atoms. The first-order valence-electron chi connectivity index (χ1n) is 8.04. The molecule has 1 aromatic rings. The highest BCUT2D eigenvalue weighted by atomic mass is 127. The first kappa shape index (κ1) is 20.5. The fourth-order valence-electron chi connectivity index (χ4n) is 2.68. The van der Waals surface area contributed by atoms with Crippen LogP contribution in [0.3, 0.4) is 0 Å². The van der Waals surface area contributed by atoms with Crippen molar-refractivity contribution < 1.29 is 9.53 Å². The average Bonchev–Trinajstić information content (AvgIpc) is 3.06. The smallest absolute Gasteiger partial charge is 0.222 e. The second-order valence-corrected chi connectivity index (χ2v) is 5.60. The minimum atomic E-state index is 0. The van der Waals surface area contributed by atoms with Gasteiger partial charge >= 0.3 is 0 Å². The summed E-state index contributed by atoms with van der Waals surface area (Å²) in [7, 11) is 3.42. The van der Waals surface area contributed by atoms with Crippen LogP contribution < -0.4 is 15.4 Å². The molecular weight excluding hydrogens is 419 g/mol. The van der Waals surface area contributed by atoms with Crippen LogP contribution in [0, 0.1) is 0 Å². The lowest BCUT2D eigenvalue weighted by molar-refractivity contribution is -0.129. The summed E-state index contributed by atoms with van der Waals surface area (Å²) in [6.07, 6.45) is 1.52. The number of nitrogens with zero attached hydrogens (tertiary/aromatic N) is 2. The molecule has 2 N–H and O–H groups in total. The van der Waals surface area contributed by atoms with Crippen LogP contribution in [0.15, 0.2) is 29.3 Å². The highest BCUT2D eigenvalue weighted by Crippen LogP contribution is 2.12. The molecule has 1 aliphatic heterocycles. The number of rotatable bonds is 5. The summed E-state index contributed by atoms with van der Waals surface area (Å²) in [5.41, 5.74) is 1.13. The number of ether oxygens (including phenoxy) is 1. The van der Waals surface area contributed by atoms with Crippen LogP contribution in [0.25, 0.3) is 0 Å². The Hall–Kier alpha value is -1.51. The van der Waals surface area contributed by atoms with E-state index in [2.05, 4.69) is 15.6 Å². The van der Waals surface area contributed by atoms with E-state index in [1.807, 2.05) is 36.1 Å². The van der Waals surface area contributed by atoms with Crippen LogP contribution in [0.1, 0.15) is 25.3 Å². The van der Waals surface area contributed by atoms with E-state index >= 15 is 0 Å². The lowest BCUT2D eigenvalue weighted by Crippen LogP contribution is -2.44. The van der Waals surface area contributed by atoms with Crippen molar-refractivity contribution in [1.29, 1.82) is 0 Å². The number of nitrogens with one attached hydrogen (secondary N) is 2. The maximum absolute atomic E-state index is 11.7. The fourth-order valence-corrected chi connectivity index (χ4v) is 2.68. The van der Waals surface area contributed by atoms with Crippen molar-refractivity contribution in [3.05, 3.63) is 29.8 Å². The van der Waals surface area contributed by atoms with Gasteiger partial charge in [-0.1, -0.05) is 19.1 Å². The standard InChI is InChI=1S/C17H26N4O2.HI/c1-4-16(22)21-9-8-14(12-21)20-17(18-2)19-11-13-6-5-7-15(10-13)23-3;/h5-7,10,14H,4,8-9,11-12H2,1-3H3,(H2,18,19,20);1H. The van der Waals surface area contributed by atoms with Crippen molar-refractivity contribution in [3.8, 4) is 5.75 Å². The summed E-state index contributed by atoms with van der Waals surface area (Å²) in [6, 6.07) is 8.19. The monoisotopic (exact) mass is 446 g/mol. The molecule has 0 bridgehead atoms. The van der Waals surface area contributed by atoms with Crippen LogP contribution in [-0.4, -0.2) is 50.1 Å². The molecule has 2 rings (SSSR count). The van der Waals surface area contributed by atoms with E-state index in [0.29, 0.717) is 13.0 Å². The van der Waals surface area contributed by atoms with Crippen LogP contribution in [0.2, 0.25) is 0 Å². The average molecular weight is 446 g/mol. The third-order valence-corrected chi connectivity index (χ3v) is 4.00. The number of methoxy groups -OCH3 is 1. The fraction of sp³-hybridized carbons (Fsp3) is 0.529. The van der Waals surface area contributed by atoms with E-state index in [1.54, 1.807) is 14.2 Å². The molecule has 7 heteroatoms. The molecule has 1 aromatic carbocycles. The Balaban J connectivity index is 0.00000288. The second kappa shape index (κ2) is 10.4. The number of benzene rings is 1. The number of aliphatic imine (C=N–C) groups is 1. The normalized spacial score (nSPS) is 17.2. The minimum absolute atomic E-state index is 0. The largest absolute Gasteiger partial charge is 0.497 e. The van der Waals surface area contributed by atoms with Gasteiger partial charge in [0.15, 0.2) is 5.96 Å². The molecule has 24 heavy (non-hydrogen) atoms. The van der Waals surface area contributed by atoms with Crippen LogP contribution in [0.5, 0.6) is 5.75 Å². The molecule has 1 fully saturated rings.